The maximum absolute atomic E-state index is 11.4. The second-order valence-electron chi connectivity index (χ2n) is 8.17. The number of ether oxygens (including phenoxy) is 1. The molecule has 1 unspecified atom stereocenters. The molecule has 0 amide bonds. The average molecular weight is 408 g/mol. The van der Waals surface area contributed by atoms with Gasteiger partial charge in [0, 0.05) is 12.0 Å². The fraction of sp³-hybridized carbons (Fsp3) is 0.400. The van der Waals surface area contributed by atoms with Crippen LogP contribution in [0.4, 0.5) is 0 Å². The van der Waals surface area contributed by atoms with Gasteiger partial charge in [-0.15, -0.1) is 0 Å². The molecule has 4 rings (SSSR count). The molecule has 0 saturated carbocycles. The minimum absolute atomic E-state index is 0.180. The number of nitrogens with one attached hydrogen (secondary N) is 1. The third kappa shape index (κ3) is 4.13. The van der Waals surface area contributed by atoms with Crippen LogP contribution in [0.25, 0.3) is 0 Å². The number of aliphatic hydroxyl groups is 1. The molecule has 5 nitrogen and oxygen atoms in total. The molecule has 0 saturated heterocycles. The molecule has 0 fully saturated rings. The second-order valence-corrected chi connectivity index (χ2v) is 8.17. The third-order valence-corrected chi connectivity index (χ3v) is 6.48. The lowest BCUT2D eigenvalue weighted by atomic mass is 9.72. The molecule has 158 valence electrons. The Morgan fingerprint density at radius 2 is 1.90 bits per heavy atom. The predicted octanol–water partition coefficient (Wildman–Crippen LogP) is 3.98. The second kappa shape index (κ2) is 9.02. The first-order valence-corrected chi connectivity index (χ1v) is 10.7. The quantitative estimate of drug-likeness (QED) is 0.631. The largest absolute Gasteiger partial charge is 0.497 e. The molecule has 1 aliphatic heterocycles. The molecule has 1 heterocycles. The molecule has 30 heavy (non-hydrogen) atoms. The van der Waals surface area contributed by atoms with Crippen molar-refractivity contribution < 1.29 is 19.7 Å². The highest BCUT2D eigenvalue weighted by molar-refractivity contribution is 5.74. The highest BCUT2D eigenvalue weighted by Gasteiger charge is 2.33. The molecule has 3 N–H and O–H groups in total. The molecule has 0 radical (unpaired) electrons. The van der Waals surface area contributed by atoms with Gasteiger partial charge in [-0.2, -0.15) is 0 Å². The van der Waals surface area contributed by atoms with Crippen LogP contribution in [0, 0.1) is 0 Å². The van der Waals surface area contributed by atoms with Crippen LogP contribution in [0.5, 0.6) is 5.75 Å². The summed E-state index contributed by atoms with van der Waals surface area (Å²) in [5.74, 6) is -0.156. The van der Waals surface area contributed by atoms with Gasteiger partial charge < -0.3 is 20.3 Å². The number of rotatable bonds is 6. The van der Waals surface area contributed by atoms with Crippen molar-refractivity contribution in [1.29, 1.82) is 0 Å². The Hall–Kier alpha value is -2.63. The van der Waals surface area contributed by atoms with E-state index in [-0.39, 0.29) is 5.92 Å². The van der Waals surface area contributed by atoms with Gasteiger partial charge in [-0.05, 0) is 67.5 Å². The lowest BCUT2D eigenvalue weighted by Gasteiger charge is -2.38. The topological polar surface area (TPSA) is 78.8 Å². The summed E-state index contributed by atoms with van der Waals surface area (Å²) >= 11 is 0. The number of methoxy groups -OCH3 is 1. The number of hydrogen-bond acceptors (Lipinski definition) is 4. The van der Waals surface area contributed by atoms with E-state index in [1.165, 1.54) is 16.7 Å². The number of carboxylic acids is 1. The molecule has 0 aromatic heterocycles. The van der Waals surface area contributed by atoms with Crippen LogP contribution in [0.3, 0.4) is 0 Å². The summed E-state index contributed by atoms with van der Waals surface area (Å²) in [7, 11) is 1.68. The van der Waals surface area contributed by atoms with Gasteiger partial charge in [-0.3, -0.25) is 0 Å². The van der Waals surface area contributed by atoms with E-state index in [1.54, 1.807) is 19.2 Å². The SMILES string of the molecule is COc1ccc(C[C@@H]2NCCC3=C2CCCC3c2ccccc2[C@H](O)C(=O)O)cc1. The lowest BCUT2D eigenvalue weighted by molar-refractivity contribution is -0.147. The van der Waals surface area contributed by atoms with Crippen molar-refractivity contribution in [1.82, 2.24) is 5.32 Å². The Morgan fingerprint density at radius 3 is 2.63 bits per heavy atom. The first-order valence-electron chi connectivity index (χ1n) is 10.7. The van der Waals surface area contributed by atoms with Gasteiger partial charge in [0.25, 0.3) is 0 Å². The maximum atomic E-state index is 11.4. The lowest BCUT2D eigenvalue weighted by Crippen LogP contribution is -2.40. The summed E-state index contributed by atoms with van der Waals surface area (Å²) in [4.78, 5) is 11.4. The molecular weight excluding hydrogens is 378 g/mol. The summed E-state index contributed by atoms with van der Waals surface area (Å²) < 4.78 is 5.27. The van der Waals surface area contributed by atoms with E-state index >= 15 is 0 Å². The molecule has 2 aromatic rings. The van der Waals surface area contributed by atoms with Crippen LogP contribution < -0.4 is 10.1 Å². The number of carbonyl (C=O) groups is 1. The van der Waals surface area contributed by atoms with Crippen molar-refractivity contribution in [3.05, 3.63) is 76.4 Å². The van der Waals surface area contributed by atoms with E-state index in [0.717, 1.165) is 50.0 Å². The molecule has 3 atom stereocenters. The van der Waals surface area contributed by atoms with Gasteiger partial charge in [0.1, 0.15) is 5.75 Å². The summed E-state index contributed by atoms with van der Waals surface area (Å²) in [5, 5.41) is 23.3. The smallest absolute Gasteiger partial charge is 0.337 e. The van der Waals surface area contributed by atoms with Crippen molar-refractivity contribution in [2.75, 3.05) is 13.7 Å². The van der Waals surface area contributed by atoms with Crippen LogP contribution in [-0.4, -0.2) is 35.9 Å². The Morgan fingerprint density at radius 1 is 1.13 bits per heavy atom. The Labute approximate surface area is 177 Å². The Balaban J connectivity index is 1.65. The first-order chi connectivity index (χ1) is 14.6. The fourth-order valence-corrected chi connectivity index (χ4v) is 5.04. The standard InChI is InChI=1S/C25H29NO4/c1-30-17-11-9-16(10-12-17)15-23-21-8-4-7-18(20(21)13-14-26-23)19-5-2-3-6-22(19)24(27)25(28)29/h2-3,5-6,9-12,18,23-24,26-27H,4,7-8,13-15H2,1H3,(H,28,29)/t18?,23-,24-/m0/s1. The van der Waals surface area contributed by atoms with E-state index in [0.29, 0.717) is 11.6 Å². The van der Waals surface area contributed by atoms with Gasteiger partial charge in [0.15, 0.2) is 6.10 Å². The highest BCUT2D eigenvalue weighted by atomic mass is 16.5. The van der Waals surface area contributed by atoms with E-state index in [1.807, 2.05) is 24.3 Å². The maximum Gasteiger partial charge on any atom is 0.337 e. The zero-order valence-corrected chi connectivity index (χ0v) is 17.3. The van der Waals surface area contributed by atoms with Crippen LogP contribution >= 0.6 is 0 Å². The fourth-order valence-electron chi connectivity index (χ4n) is 5.04. The number of hydrogen-bond donors (Lipinski definition) is 3. The van der Waals surface area contributed by atoms with E-state index in [2.05, 4.69) is 17.4 Å². The molecular formula is C25H29NO4. The van der Waals surface area contributed by atoms with Gasteiger partial charge in [-0.25, -0.2) is 4.79 Å². The Kier molecular flexibility index (Phi) is 6.21. The molecule has 0 spiro atoms. The van der Waals surface area contributed by atoms with Gasteiger partial charge in [0.2, 0.25) is 0 Å². The van der Waals surface area contributed by atoms with Crippen LogP contribution in [0.1, 0.15) is 54.4 Å². The van der Waals surface area contributed by atoms with Crippen molar-refractivity contribution in [3.63, 3.8) is 0 Å². The number of aliphatic carboxylic acids is 1. The van der Waals surface area contributed by atoms with Crippen molar-refractivity contribution >= 4 is 5.97 Å². The average Bonchev–Trinajstić information content (AvgIpc) is 2.79. The van der Waals surface area contributed by atoms with Crippen molar-refractivity contribution in [3.8, 4) is 5.75 Å². The Bertz CT molecular complexity index is 934. The van der Waals surface area contributed by atoms with E-state index in [4.69, 9.17) is 4.74 Å². The van der Waals surface area contributed by atoms with Gasteiger partial charge in [0.05, 0.1) is 7.11 Å². The number of carboxylic acid groups (broad SMARTS) is 1. The summed E-state index contributed by atoms with van der Waals surface area (Å²) in [5.41, 5.74) is 5.65. The normalized spacial score (nSPS) is 22.3. The van der Waals surface area contributed by atoms with Gasteiger partial charge >= 0.3 is 5.97 Å². The molecule has 2 aromatic carbocycles. The number of benzene rings is 2. The van der Waals surface area contributed by atoms with E-state index in [9.17, 15) is 15.0 Å². The summed E-state index contributed by atoms with van der Waals surface area (Å²) in [6.07, 6.45) is 3.55. The molecule has 1 aliphatic carbocycles. The zero-order valence-electron chi connectivity index (χ0n) is 17.3. The molecule has 2 aliphatic rings. The van der Waals surface area contributed by atoms with E-state index < -0.39 is 12.1 Å². The molecule has 0 bridgehead atoms. The third-order valence-electron chi connectivity index (χ3n) is 6.48. The highest BCUT2D eigenvalue weighted by Crippen LogP contribution is 2.44. The monoisotopic (exact) mass is 407 g/mol. The molecule has 5 heteroatoms. The predicted molar refractivity (Wildman–Crippen MR) is 116 cm³/mol. The number of aliphatic hydroxyl groups excluding tert-OH is 1. The van der Waals surface area contributed by atoms with Crippen LogP contribution in [-0.2, 0) is 11.2 Å². The summed E-state index contributed by atoms with van der Waals surface area (Å²) in [6, 6.07) is 16.0. The van der Waals surface area contributed by atoms with Gasteiger partial charge in [-0.1, -0.05) is 47.5 Å². The first kappa shape index (κ1) is 20.6. The van der Waals surface area contributed by atoms with Crippen molar-refractivity contribution in [2.24, 2.45) is 0 Å². The minimum Gasteiger partial charge on any atom is -0.497 e. The zero-order chi connectivity index (χ0) is 21.1. The summed E-state index contributed by atoms with van der Waals surface area (Å²) in [6.45, 7) is 0.916. The van der Waals surface area contributed by atoms with Crippen LogP contribution in [0.15, 0.2) is 59.7 Å². The van der Waals surface area contributed by atoms with Crippen molar-refractivity contribution in [2.45, 2.75) is 50.2 Å². The minimum atomic E-state index is -1.48. The van der Waals surface area contributed by atoms with Crippen LogP contribution in [0.2, 0.25) is 0 Å².